The third kappa shape index (κ3) is 3.52. The van der Waals surface area contributed by atoms with Gasteiger partial charge in [-0.05, 0) is 31.7 Å². The maximum Gasteiger partial charge on any atom is 0.378 e. The summed E-state index contributed by atoms with van der Waals surface area (Å²) >= 11 is 0. The highest BCUT2D eigenvalue weighted by molar-refractivity contribution is 5.88. The first-order valence-electron chi connectivity index (χ1n) is 8.19. The molecule has 0 bridgehead atoms. The van der Waals surface area contributed by atoms with Crippen LogP contribution in [0.5, 0.6) is 0 Å². The molecular formula is C16H21N5O3. The van der Waals surface area contributed by atoms with E-state index in [2.05, 4.69) is 27.3 Å². The number of nitrogens with one attached hydrogen (secondary N) is 1. The van der Waals surface area contributed by atoms with Gasteiger partial charge in [0.1, 0.15) is 0 Å². The molecule has 0 aliphatic heterocycles. The lowest BCUT2D eigenvalue weighted by molar-refractivity contribution is -0.125. The Morgan fingerprint density at radius 3 is 2.92 bits per heavy atom. The Kier molecular flexibility index (Phi) is 4.73. The van der Waals surface area contributed by atoms with Crippen molar-refractivity contribution in [3.05, 3.63) is 23.8 Å². The standard InChI is InChI=1S/C16H21N5O3/c1-10-5-3-4-6-12(10)18-13(22)9-24-15(23)14-19-16-17-8-7-11(2)21(16)20-14/h7-8,10,12H,3-6,9H2,1-2H3,(H,18,22)/t10-,12-/m0/s1. The monoisotopic (exact) mass is 331 g/mol. The van der Waals surface area contributed by atoms with Gasteiger partial charge in [-0.2, -0.15) is 4.98 Å². The molecule has 0 spiro atoms. The van der Waals surface area contributed by atoms with E-state index in [1.807, 2.05) is 6.92 Å². The van der Waals surface area contributed by atoms with Crippen molar-refractivity contribution < 1.29 is 14.3 Å². The predicted molar refractivity (Wildman–Crippen MR) is 85.4 cm³/mol. The average molecular weight is 331 g/mol. The number of esters is 1. The molecule has 0 radical (unpaired) electrons. The lowest BCUT2D eigenvalue weighted by Gasteiger charge is -2.29. The SMILES string of the molecule is Cc1ccnc2nc(C(=O)OCC(=O)N[C@H]3CCCC[C@@H]3C)nn12. The summed E-state index contributed by atoms with van der Waals surface area (Å²) in [6.07, 6.45) is 6.00. The molecule has 24 heavy (non-hydrogen) atoms. The van der Waals surface area contributed by atoms with Gasteiger partial charge in [0, 0.05) is 17.9 Å². The Labute approximate surface area is 139 Å². The smallest absolute Gasteiger partial charge is 0.378 e. The number of amides is 1. The highest BCUT2D eigenvalue weighted by Gasteiger charge is 2.23. The molecular weight excluding hydrogens is 310 g/mol. The Balaban J connectivity index is 1.56. The molecule has 0 saturated heterocycles. The van der Waals surface area contributed by atoms with Gasteiger partial charge in [-0.3, -0.25) is 4.79 Å². The number of aromatic nitrogens is 4. The third-order valence-corrected chi connectivity index (χ3v) is 4.40. The van der Waals surface area contributed by atoms with Crippen molar-refractivity contribution in [2.45, 2.75) is 45.6 Å². The molecule has 1 fully saturated rings. The first-order chi connectivity index (χ1) is 11.5. The van der Waals surface area contributed by atoms with Crippen LogP contribution < -0.4 is 5.32 Å². The number of hydrogen-bond donors (Lipinski definition) is 1. The Morgan fingerprint density at radius 1 is 1.38 bits per heavy atom. The van der Waals surface area contributed by atoms with Crippen LogP contribution in [0.2, 0.25) is 0 Å². The van der Waals surface area contributed by atoms with Crippen LogP contribution in [-0.4, -0.2) is 44.1 Å². The number of carbonyl (C=O) groups is 2. The van der Waals surface area contributed by atoms with Crippen LogP contribution >= 0.6 is 0 Å². The molecule has 2 heterocycles. The summed E-state index contributed by atoms with van der Waals surface area (Å²) in [4.78, 5) is 32.0. The van der Waals surface area contributed by atoms with Crippen molar-refractivity contribution in [3.8, 4) is 0 Å². The lowest BCUT2D eigenvalue weighted by Crippen LogP contribution is -2.42. The second-order valence-electron chi connectivity index (χ2n) is 6.25. The van der Waals surface area contributed by atoms with Crippen LogP contribution in [-0.2, 0) is 9.53 Å². The molecule has 1 aliphatic rings. The zero-order valence-corrected chi connectivity index (χ0v) is 13.9. The van der Waals surface area contributed by atoms with Crippen LogP contribution in [0.1, 0.15) is 48.9 Å². The van der Waals surface area contributed by atoms with E-state index in [9.17, 15) is 9.59 Å². The van der Waals surface area contributed by atoms with Crippen molar-refractivity contribution in [2.75, 3.05) is 6.61 Å². The van der Waals surface area contributed by atoms with E-state index in [0.29, 0.717) is 11.7 Å². The number of fused-ring (bicyclic) bond motifs is 1. The number of aryl methyl sites for hydroxylation is 1. The second kappa shape index (κ2) is 6.94. The van der Waals surface area contributed by atoms with E-state index in [4.69, 9.17) is 4.74 Å². The zero-order valence-electron chi connectivity index (χ0n) is 13.9. The number of hydrogen-bond acceptors (Lipinski definition) is 6. The van der Waals surface area contributed by atoms with E-state index in [0.717, 1.165) is 25.0 Å². The van der Waals surface area contributed by atoms with Crippen molar-refractivity contribution in [3.63, 3.8) is 0 Å². The highest BCUT2D eigenvalue weighted by atomic mass is 16.5. The maximum atomic E-state index is 12.0. The zero-order chi connectivity index (χ0) is 17.1. The van der Waals surface area contributed by atoms with E-state index in [1.165, 1.54) is 10.9 Å². The molecule has 2 atom stereocenters. The minimum Gasteiger partial charge on any atom is -0.450 e. The number of nitrogens with zero attached hydrogens (tertiary/aromatic N) is 4. The molecule has 1 saturated carbocycles. The van der Waals surface area contributed by atoms with Crippen molar-refractivity contribution in [1.29, 1.82) is 0 Å². The first kappa shape index (κ1) is 16.4. The molecule has 0 aromatic carbocycles. The highest BCUT2D eigenvalue weighted by Crippen LogP contribution is 2.23. The number of rotatable bonds is 4. The summed E-state index contributed by atoms with van der Waals surface area (Å²) in [5.74, 6) is -0.350. The summed E-state index contributed by atoms with van der Waals surface area (Å²) in [6.45, 7) is 3.63. The minimum atomic E-state index is -0.730. The molecule has 1 N–H and O–H groups in total. The van der Waals surface area contributed by atoms with Crippen LogP contribution in [0.15, 0.2) is 12.3 Å². The molecule has 128 valence electrons. The molecule has 1 aliphatic carbocycles. The summed E-state index contributed by atoms with van der Waals surface area (Å²) < 4.78 is 6.48. The lowest BCUT2D eigenvalue weighted by atomic mass is 9.86. The van der Waals surface area contributed by atoms with E-state index < -0.39 is 5.97 Å². The maximum absolute atomic E-state index is 12.0. The van der Waals surface area contributed by atoms with Crippen LogP contribution in [0.25, 0.3) is 5.78 Å². The van der Waals surface area contributed by atoms with Gasteiger partial charge in [-0.15, -0.1) is 5.10 Å². The number of carbonyl (C=O) groups excluding carboxylic acids is 2. The molecule has 2 aromatic heterocycles. The Morgan fingerprint density at radius 2 is 2.17 bits per heavy atom. The van der Waals surface area contributed by atoms with Gasteiger partial charge in [0.25, 0.3) is 17.5 Å². The van der Waals surface area contributed by atoms with Gasteiger partial charge in [0.2, 0.25) is 0 Å². The van der Waals surface area contributed by atoms with E-state index in [1.54, 1.807) is 12.3 Å². The first-order valence-corrected chi connectivity index (χ1v) is 8.19. The number of ether oxygens (including phenoxy) is 1. The predicted octanol–water partition coefficient (Wildman–Crippen LogP) is 1.28. The van der Waals surface area contributed by atoms with Gasteiger partial charge in [0.15, 0.2) is 6.61 Å². The van der Waals surface area contributed by atoms with Crippen molar-refractivity contribution in [2.24, 2.45) is 5.92 Å². The minimum absolute atomic E-state index is 0.101. The van der Waals surface area contributed by atoms with Crippen LogP contribution in [0.3, 0.4) is 0 Å². The van der Waals surface area contributed by atoms with E-state index >= 15 is 0 Å². The van der Waals surface area contributed by atoms with Crippen molar-refractivity contribution >= 4 is 17.7 Å². The largest absolute Gasteiger partial charge is 0.450 e. The van der Waals surface area contributed by atoms with Crippen LogP contribution in [0.4, 0.5) is 0 Å². The third-order valence-electron chi connectivity index (χ3n) is 4.40. The summed E-state index contributed by atoms with van der Waals surface area (Å²) in [6, 6.07) is 1.92. The van der Waals surface area contributed by atoms with Gasteiger partial charge >= 0.3 is 5.97 Å². The summed E-state index contributed by atoms with van der Waals surface area (Å²) in [5.41, 5.74) is 0.801. The summed E-state index contributed by atoms with van der Waals surface area (Å²) in [5, 5.41) is 6.99. The molecule has 0 unspecified atom stereocenters. The quantitative estimate of drug-likeness (QED) is 0.848. The fraction of sp³-hybridized carbons (Fsp3) is 0.562. The molecule has 8 heteroatoms. The second-order valence-corrected chi connectivity index (χ2v) is 6.25. The topological polar surface area (TPSA) is 98.5 Å². The molecule has 1 amide bonds. The van der Waals surface area contributed by atoms with Gasteiger partial charge in [-0.25, -0.2) is 14.3 Å². The Bertz CT molecular complexity index is 757. The van der Waals surface area contributed by atoms with Gasteiger partial charge < -0.3 is 10.1 Å². The van der Waals surface area contributed by atoms with Gasteiger partial charge in [-0.1, -0.05) is 19.8 Å². The fourth-order valence-electron chi connectivity index (χ4n) is 2.97. The normalized spacial score (nSPS) is 20.8. The van der Waals surface area contributed by atoms with E-state index in [-0.39, 0.29) is 24.4 Å². The van der Waals surface area contributed by atoms with Crippen LogP contribution in [0, 0.1) is 12.8 Å². The molecule has 2 aromatic rings. The summed E-state index contributed by atoms with van der Waals surface area (Å²) in [7, 11) is 0. The van der Waals surface area contributed by atoms with Crippen molar-refractivity contribution in [1.82, 2.24) is 24.9 Å². The Hall–Kier alpha value is -2.51. The molecule has 8 nitrogen and oxygen atoms in total. The average Bonchev–Trinajstić information content (AvgIpc) is 3.00. The fourth-order valence-corrected chi connectivity index (χ4v) is 2.97. The van der Waals surface area contributed by atoms with Gasteiger partial charge in [0.05, 0.1) is 0 Å². The molecule has 3 rings (SSSR count).